The van der Waals surface area contributed by atoms with Gasteiger partial charge >= 0.3 is 0 Å². The normalized spacial score (nSPS) is 23.4. The Bertz CT molecular complexity index is 512. The van der Waals surface area contributed by atoms with Crippen LogP contribution >= 0.6 is 0 Å². The molecule has 0 radical (unpaired) electrons. The minimum absolute atomic E-state index is 0.304. The van der Waals surface area contributed by atoms with Gasteiger partial charge in [0.2, 0.25) is 11.7 Å². The van der Waals surface area contributed by atoms with Gasteiger partial charge in [-0.3, -0.25) is 0 Å². The highest BCUT2D eigenvalue weighted by Crippen LogP contribution is 2.38. The Labute approximate surface area is 105 Å². The van der Waals surface area contributed by atoms with Crippen molar-refractivity contribution in [3.05, 3.63) is 24.5 Å². The van der Waals surface area contributed by atoms with Crippen LogP contribution < -0.4 is 5.73 Å². The Morgan fingerprint density at radius 3 is 3.11 bits per heavy atom. The number of rotatable bonds is 3. The zero-order chi connectivity index (χ0) is 12.4. The Morgan fingerprint density at radius 1 is 1.39 bits per heavy atom. The predicted octanol–water partition coefficient (Wildman–Crippen LogP) is 1.37. The Hall–Kier alpha value is -1.82. The van der Waals surface area contributed by atoms with Crippen LogP contribution in [0.1, 0.15) is 31.1 Å². The second kappa shape index (κ2) is 4.81. The molecule has 1 fully saturated rings. The van der Waals surface area contributed by atoms with Crippen molar-refractivity contribution in [2.24, 2.45) is 11.7 Å². The van der Waals surface area contributed by atoms with E-state index in [0.29, 0.717) is 35.8 Å². The highest BCUT2D eigenvalue weighted by Gasteiger charge is 2.32. The fourth-order valence-electron chi connectivity index (χ4n) is 2.56. The van der Waals surface area contributed by atoms with Gasteiger partial charge in [0.25, 0.3) is 0 Å². The summed E-state index contributed by atoms with van der Waals surface area (Å²) >= 11 is 0. The molecule has 2 atom stereocenters. The van der Waals surface area contributed by atoms with Crippen LogP contribution in [0.25, 0.3) is 11.5 Å². The van der Waals surface area contributed by atoms with Crippen molar-refractivity contribution in [3.63, 3.8) is 0 Å². The van der Waals surface area contributed by atoms with Crippen molar-refractivity contribution < 1.29 is 4.52 Å². The van der Waals surface area contributed by atoms with Crippen molar-refractivity contribution in [1.82, 2.24) is 20.1 Å². The summed E-state index contributed by atoms with van der Waals surface area (Å²) < 4.78 is 5.36. The van der Waals surface area contributed by atoms with Crippen LogP contribution in [-0.4, -0.2) is 26.7 Å². The van der Waals surface area contributed by atoms with Crippen LogP contribution in [0.2, 0.25) is 0 Å². The molecule has 0 amide bonds. The lowest BCUT2D eigenvalue weighted by Gasteiger charge is -2.12. The molecule has 2 aromatic heterocycles. The smallest absolute Gasteiger partial charge is 0.230 e. The molecule has 2 N–H and O–H groups in total. The number of hydrogen-bond acceptors (Lipinski definition) is 6. The molecule has 2 heterocycles. The third kappa shape index (κ3) is 1.99. The van der Waals surface area contributed by atoms with Crippen molar-refractivity contribution in [3.8, 4) is 11.5 Å². The second-order valence-electron chi connectivity index (χ2n) is 4.58. The van der Waals surface area contributed by atoms with Crippen LogP contribution in [0.4, 0.5) is 0 Å². The van der Waals surface area contributed by atoms with Gasteiger partial charge in [0.15, 0.2) is 0 Å². The molecule has 0 saturated heterocycles. The van der Waals surface area contributed by atoms with E-state index < -0.39 is 0 Å². The maximum Gasteiger partial charge on any atom is 0.230 e. The average molecular weight is 245 g/mol. The van der Waals surface area contributed by atoms with Gasteiger partial charge in [-0.25, -0.2) is 9.97 Å². The van der Waals surface area contributed by atoms with Gasteiger partial charge in [-0.2, -0.15) is 4.98 Å². The molecular formula is C12H15N5O. The minimum atomic E-state index is 0.304. The first-order valence-electron chi connectivity index (χ1n) is 6.18. The van der Waals surface area contributed by atoms with Crippen LogP contribution in [0.15, 0.2) is 23.1 Å². The summed E-state index contributed by atoms with van der Waals surface area (Å²) in [6, 6.07) is 1.77. The van der Waals surface area contributed by atoms with Crippen LogP contribution in [0.5, 0.6) is 0 Å². The van der Waals surface area contributed by atoms with Crippen LogP contribution in [0.3, 0.4) is 0 Å². The molecule has 0 spiro atoms. The van der Waals surface area contributed by atoms with Crippen molar-refractivity contribution >= 4 is 0 Å². The maximum atomic E-state index is 5.77. The fourth-order valence-corrected chi connectivity index (χ4v) is 2.56. The summed E-state index contributed by atoms with van der Waals surface area (Å²) in [4.78, 5) is 12.4. The topological polar surface area (TPSA) is 90.7 Å². The number of hydrogen-bond donors (Lipinski definition) is 1. The van der Waals surface area contributed by atoms with Gasteiger partial charge in [-0.15, -0.1) is 0 Å². The summed E-state index contributed by atoms with van der Waals surface area (Å²) in [5.41, 5.74) is 6.45. The Morgan fingerprint density at radius 2 is 2.33 bits per heavy atom. The van der Waals surface area contributed by atoms with E-state index in [0.717, 1.165) is 12.8 Å². The fraction of sp³-hybridized carbons (Fsp3) is 0.500. The first-order valence-corrected chi connectivity index (χ1v) is 6.18. The number of nitrogens with zero attached hydrogens (tertiary/aromatic N) is 4. The molecule has 0 aliphatic heterocycles. The summed E-state index contributed by atoms with van der Waals surface area (Å²) in [6.45, 7) is 0.676. The summed E-state index contributed by atoms with van der Waals surface area (Å²) in [7, 11) is 0. The van der Waals surface area contributed by atoms with Crippen molar-refractivity contribution in [2.75, 3.05) is 6.54 Å². The third-order valence-electron chi connectivity index (χ3n) is 3.53. The first-order chi connectivity index (χ1) is 8.88. The molecule has 18 heavy (non-hydrogen) atoms. The minimum Gasteiger partial charge on any atom is -0.339 e. The van der Waals surface area contributed by atoms with E-state index in [1.54, 1.807) is 12.3 Å². The zero-order valence-electron chi connectivity index (χ0n) is 9.99. The maximum absolute atomic E-state index is 5.77. The van der Waals surface area contributed by atoms with E-state index in [2.05, 4.69) is 20.1 Å². The molecule has 3 rings (SSSR count). The molecule has 6 heteroatoms. The van der Waals surface area contributed by atoms with Gasteiger partial charge in [0.05, 0.1) is 0 Å². The summed E-state index contributed by atoms with van der Waals surface area (Å²) in [6.07, 6.45) is 6.54. The van der Waals surface area contributed by atoms with Crippen LogP contribution in [-0.2, 0) is 0 Å². The summed E-state index contributed by atoms with van der Waals surface area (Å²) in [5.74, 6) is 1.98. The SMILES string of the molecule is NCC1CCCC1c1nc(-c2ccncn2)no1. The largest absolute Gasteiger partial charge is 0.339 e. The highest BCUT2D eigenvalue weighted by molar-refractivity contribution is 5.46. The quantitative estimate of drug-likeness (QED) is 0.878. The average Bonchev–Trinajstić information content (AvgIpc) is 3.08. The molecule has 1 saturated carbocycles. The Balaban J connectivity index is 1.86. The highest BCUT2D eigenvalue weighted by atomic mass is 16.5. The zero-order valence-corrected chi connectivity index (χ0v) is 9.99. The number of nitrogens with two attached hydrogens (primary N) is 1. The first kappa shape index (κ1) is 11.3. The van der Waals surface area contributed by atoms with E-state index in [9.17, 15) is 0 Å². The summed E-state index contributed by atoms with van der Waals surface area (Å²) in [5, 5.41) is 3.98. The van der Waals surface area contributed by atoms with Gasteiger partial charge in [-0.05, 0) is 31.4 Å². The molecular weight excluding hydrogens is 230 g/mol. The van der Waals surface area contributed by atoms with E-state index in [1.807, 2.05) is 0 Å². The van der Waals surface area contributed by atoms with Crippen molar-refractivity contribution in [2.45, 2.75) is 25.2 Å². The van der Waals surface area contributed by atoms with Gasteiger partial charge in [0, 0.05) is 12.1 Å². The lowest BCUT2D eigenvalue weighted by Crippen LogP contribution is -2.17. The Kier molecular flexibility index (Phi) is 3.02. The number of aromatic nitrogens is 4. The van der Waals surface area contributed by atoms with Crippen LogP contribution in [0, 0.1) is 5.92 Å². The monoisotopic (exact) mass is 245 g/mol. The molecule has 0 bridgehead atoms. The second-order valence-corrected chi connectivity index (χ2v) is 4.58. The molecule has 0 aromatic carbocycles. The van der Waals surface area contributed by atoms with Gasteiger partial charge in [-0.1, -0.05) is 11.6 Å². The molecule has 2 aromatic rings. The predicted molar refractivity (Wildman–Crippen MR) is 64.5 cm³/mol. The molecule has 1 aliphatic rings. The molecule has 6 nitrogen and oxygen atoms in total. The van der Waals surface area contributed by atoms with E-state index >= 15 is 0 Å². The van der Waals surface area contributed by atoms with Crippen molar-refractivity contribution in [1.29, 1.82) is 0 Å². The van der Waals surface area contributed by atoms with Gasteiger partial charge < -0.3 is 10.3 Å². The lowest BCUT2D eigenvalue weighted by molar-refractivity contribution is 0.326. The molecule has 1 aliphatic carbocycles. The van der Waals surface area contributed by atoms with E-state index in [4.69, 9.17) is 10.3 Å². The van der Waals surface area contributed by atoms with E-state index in [-0.39, 0.29) is 0 Å². The lowest BCUT2D eigenvalue weighted by atomic mass is 9.96. The van der Waals surface area contributed by atoms with E-state index in [1.165, 1.54) is 12.7 Å². The molecule has 2 unspecified atom stereocenters. The molecule has 94 valence electrons. The third-order valence-corrected chi connectivity index (χ3v) is 3.53. The standard InChI is InChI=1S/C12H15N5O/c13-6-8-2-1-3-9(8)12-16-11(17-18-12)10-4-5-14-7-15-10/h4-5,7-9H,1-3,6,13H2. The van der Waals surface area contributed by atoms with Gasteiger partial charge in [0.1, 0.15) is 12.0 Å².